The number of aliphatic hydroxyl groups excluding tert-OH is 1. The lowest BCUT2D eigenvalue weighted by Crippen LogP contribution is -2.57. The van der Waals surface area contributed by atoms with E-state index < -0.39 is 42.5 Å². The molecule has 2 unspecified atom stereocenters. The first-order valence-electron chi connectivity index (χ1n) is 5.62. The van der Waals surface area contributed by atoms with Gasteiger partial charge in [-0.25, -0.2) is 0 Å². The average molecular weight is 276 g/mol. The van der Waals surface area contributed by atoms with E-state index in [1.54, 1.807) is 0 Å². The van der Waals surface area contributed by atoms with Gasteiger partial charge in [-0.2, -0.15) is 0 Å². The molecule has 1 saturated heterocycles. The quantitative estimate of drug-likeness (QED) is 0.523. The van der Waals surface area contributed by atoms with E-state index in [9.17, 15) is 19.5 Å². The Labute approximate surface area is 109 Å². The summed E-state index contributed by atoms with van der Waals surface area (Å²) >= 11 is 0. The molecule has 8 heteroatoms. The molecule has 1 rings (SSSR count). The van der Waals surface area contributed by atoms with Gasteiger partial charge in [0.05, 0.1) is 6.61 Å². The molecule has 4 atom stereocenters. The van der Waals surface area contributed by atoms with Crippen LogP contribution in [0.3, 0.4) is 0 Å². The van der Waals surface area contributed by atoms with Crippen molar-refractivity contribution in [3.05, 3.63) is 0 Å². The van der Waals surface area contributed by atoms with Crippen LogP contribution >= 0.6 is 0 Å². The Balaban J connectivity index is 2.89. The van der Waals surface area contributed by atoms with Crippen molar-refractivity contribution >= 4 is 17.9 Å². The van der Waals surface area contributed by atoms with E-state index in [2.05, 4.69) is 0 Å². The summed E-state index contributed by atoms with van der Waals surface area (Å²) in [5.41, 5.74) is 0. The summed E-state index contributed by atoms with van der Waals surface area (Å²) < 4.78 is 19.6. The van der Waals surface area contributed by atoms with Crippen molar-refractivity contribution in [2.24, 2.45) is 0 Å². The van der Waals surface area contributed by atoms with Gasteiger partial charge < -0.3 is 24.1 Å². The van der Waals surface area contributed by atoms with Crippen LogP contribution in [0.15, 0.2) is 0 Å². The maximum atomic E-state index is 11.1. The van der Waals surface area contributed by atoms with Gasteiger partial charge >= 0.3 is 17.9 Å². The molecule has 0 aliphatic carbocycles. The standard InChI is InChI=1S/C11H16O8/c1-5(12)17-8-4-16-11(15)10(19-7(3)14)9(8)18-6(2)13/h8-11,15H,4H2,1-3H3/t8-,9?,10?,11-/m1/s1. The maximum absolute atomic E-state index is 11.1. The Kier molecular flexibility index (Phi) is 5.25. The van der Waals surface area contributed by atoms with Crippen LogP contribution in [-0.4, -0.2) is 54.2 Å². The van der Waals surface area contributed by atoms with Crippen molar-refractivity contribution in [2.45, 2.75) is 45.4 Å². The van der Waals surface area contributed by atoms with Gasteiger partial charge in [0.2, 0.25) is 0 Å². The van der Waals surface area contributed by atoms with Crippen molar-refractivity contribution in [3.8, 4) is 0 Å². The third-order valence-electron chi connectivity index (χ3n) is 2.32. The van der Waals surface area contributed by atoms with Crippen molar-refractivity contribution < 1.29 is 38.4 Å². The van der Waals surface area contributed by atoms with Crippen LogP contribution in [0, 0.1) is 0 Å². The molecule has 0 radical (unpaired) electrons. The molecule has 1 heterocycles. The summed E-state index contributed by atoms with van der Waals surface area (Å²) in [7, 11) is 0. The third kappa shape index (κ3) is 4.49. The number of aliphatic hydroxyl groups is 1. The van der Waals surface area contributed by atoms with Crippen LogP contribution in [0.4, 0.5) is 0 Å². The number of rotatable bonds is 3. The maximum Gasteiger partial charge on any atom is 0.303 e. The topological polar surface area (TPSA) is 108 Å². The molecule has 1 fully saturated rings. The van der Waals surface area contributed by atoms with Gasteiger partial charge in [-0.15, -0.1) is 0 Å². The number of hydrogen-bond acceptors (Lipinski definition) is 8. The molecular formula is C11H16O8. The first-order valence-corrected chi connectivity index (χ1v) is 5.62. The highest BCUT2D eigenvalue weighted by Gasteiger charge is 2.46. The van der Waals surface area contributed by atoms with E-state index in [1.807, 2.05) is 0 Å². The Morgan fingerprint density at radius 2 is 1.42 bits per heavy atom. The Bertz CT molecular complexity index is 366. The number of hydrogen-bond donors (Lipinski definition) is 1. The molecule has 1 N–H and O–H groups in total. The second kappa shape index (κ2) is 6.48. The normalized spacial score (nSPS) is 30.3. The number of esters is 3. The molecular weight excluding hydrogens is 260 g/mol. The highest BCUT2D eigenvalue weighted by molar-refractivity contribution is 5.68. The van der Waals surface area contributed by atoms with Gasteiger partial charge in [-0.3, -0.25) is 14.4 Å². The first kappa shape index (κ1) is 15.4. The summed E-state index contributed by atoms with van der Waals surface area (Å²) in [6, 6.07) is 0. The number of carbonyl (C=O) groups excluding carboxylic acids is 3. The fourth-order valence-corrected chi connectivity index (χ4v) is 1.72. The summed E-state index contributed by atoms with van der Waals surface area (Å²) in [6.07, 6.45) is -4.78. The fourth-order valence-electron chi connectivity index (χ4n) is 1.72. The molecule has 1 aliphatic rings. The van der Waals surface area contributed by atoms with Gasteiger partial charge in [-0.1, -0.05) is 0 Å². The van der Waals surface area contributed by atoms with E-state index in [-0.39, 0.29) is 6.61 Å². The fraction of sp³-hybridized carbons (Fsp3) is 0.727. The Hall–Kier alpha value is -1.67. The average Bonchev–Trinajstić information content (AvgIpc) is 2.25. The monoisotopic (exact) mass is 276 g/mol. The van der Waals surface area contributed by atoms with Gasteiger partial charge in [0.15, 0.2) is 24.6 Å². The highest BCUT2D eigenvalue weighted by Crippen LogP contribution is 2.23. The third-order valence-corrected chi connectivity index (χ3v) is 2.32. The van der Waals surface area contributed by atoms with E-state index in [4.69, 9.17) is 18.9 Å². The lowest BCUT2D eigenvalue weighted by atomic mass is 10.0. The van der Waals surface area contributed by atoms with E-state index in [1.165, 1.54) is 6.92 Å². The van der Waals surface area contributed by atoms with Crippen LogP contribution in [0.25, 0.3) is 0 Å². The summed E-state index contributed by atoms with van der Waals surface area (Å²) in [5, 5.41) is 9.62. The van der Waals surface area contributed by atoms with E-state index in [0.29, 0.717) is 0 Å². The van der Waals surface area contributed by atoms with Crippen LogP contribution in [0.1, 0.15) is 20.8 Å². The molecule has 0 spiro atoms. The molecule has 0 aromatic heterocycles. The first-order chi connectivity index (χ1) is 8.81. The molecule has 0 saturated carbocycles. The second-order valence-electron chi connectivity index (χ2n) is 4.02. The largest absolute Gasteiger partial charge is 0.456 e. The van der Waals surface area contributed by atoms with Gasteiger partial charge in [0, 0.05) is 20.8 Å². The SMILES string of the molecule is CC(=O)OC1C(OC(C)=O)[C@H](OC(C)=O)CO[C@H]1O. The summed E-state index contributed by atoms with van der Waals surface area (Å²) in [6.45, 7) is 3.29. The molecule has 0 aromatic rings. The van der Waals surface area contributed by atoms with Crippen LogP contribution in [0.5, 0.6) is 0 Å². The smallest absolute Gasteiger partial charge is 0.303 e. The number of ether oxygens (including phenoxy) is 4. The predicted octanol–water partition coefficient (Wildman–Crippen LogP) is -0.870. The Morgan fingerprint density at radius 1 is 0.947 bits per heavy atom. The Morgan fingerprint density at radius 3 is 1.89 bits per heavy atom. The van der Waals surface area contributed by atoms with Gasteiger partial charge in [0.25, 0.3) is 0 Å². The zero-order valence-electron chi connectivity index (χ0n) is 10.8. The predicted molar refractivity (Wildman–Crippen MR) is 58.6 cm³/mol. The van der Waals surface area contributed by atoms with Crippen molar-refractivity contribution in [2.75, 3.05) is 6.61 Å². The van der Waals surface area contributed by atoms with E-state index in [0.717, 1.165) is 13.8 Å². The van der Waals surface area contributed by atoms with Crippen molar-refractivity contribution in [1.29, 1.82) is 0 Å². The molecule has 19 heavy (non-hydrogen) atoms. The molecule has 0 amide bonds. The highest BCUT2D eigenvalue weighted by atomic mass is 16.7. The zero-order valence-corrected chi connectivity index (χ0v) is 10.8. The minimum atomic E-state index is -1.46. The molecule has 0 bridgehead atoms. The second-order valence-corrected chi connectivity index (χ2v) is 4.02. The lowest BCUT2D eigenvalue weighted by Gasteiger charge is -2.38. The number of carbonyl (C=O) groups is 3. The van der Waals surface area contributed by atoms with Crippen LogP contribution in [-0.2, 0) is 33.3 Å². The molecule has 8 nitrogen and oxygen atoms in total. The molecule has 108 valence electrons. The van der Waals surface area contributed by atoms with E-state index >= 15 is 0 Å². The van der Waals surface area contributed by atoms with Gasteiger partial charge in [0.1, 0.15) is 0 Å². The summed E-state index contributed by atoms with van der Waals surface area (Å²) in [4.78, 5) is 33.0. The minimum absolute atomic E-state index is 0.170. The lowest BCUT2D eigenvalue weighted by molar-refractivity contribution is -0.267. The molecule has 0 aromatic carbocycles. The van der Waals surface area contributed by atoms with Crippen LogP contribution in [0.2, 0.25) is 0 Å². The molecule has 1 aliphatic heterocycles. The van der Waals surface area contributed by atoms with Gasteiger partial charge in [-0.05, 0) is 0 Å². The minimum Gasteiger partial charge on any atom is -0.456 e. The van der Waals surface area contributed by atoms with Crippen molar-refractivity contribution in [3.63, 3.8) is 0 Å². The van der Waals surface area contributed by atoms with Crippen molar-refractivity contribution in [1.82, 2.24) is 0 Å². The zero-order chi connectivity index (χ0) is 14.6. The summed E-state index contributed by atoms with van der Waals surface area (Å²) in [5.74, 6) is -1.95. The van der Waals surface area contributed by atoms with Crippen LogP contribution < -0.4 is 0 Å².